The molecule has 1 atom stereocenters. The van der Waals surface area contributed by atoms with Crippen LogP contribution < -0.4 is 10.1 Å². The normalized spacial score (nSPS) is 12.3. The first-order chi connectivity index (χ1) is 9.31. The van der Waals surface area contributed by atoms with Gasteiger partial charge in [0.1, 0.15) is 12.6 Å². The number of nitrogens with one attached hydrogen (secondary N) is 1. The van der Waals surface area contributed by atoms with Crippen molar-refractivity contribution in [1.29, 1.82) is 0 Å². The van der Waals surface area contributed by atoms with Gasteiger partial charge in [0.25, 0.3) is 0 Å². The van der Waals surface area contributed by atoms with Crippen LogP contribution >= 0.6 is 0 Å². The van der Waals surface area contributed by atoms with Crippen LogP contribution in [0, 0.1) is 29.1 Å². The number of hydrogen-bond donors (Lipinski definition) is 2. The van der Waals surface area contributed by atoms with Crippen molar-refractivity contribution in [3.8, 4) is 5.75 Å². The molecule has 4 nitrogen and oxygen atoms in total. The van der Waals surface area contributed by atoms with E-state index in [-0.39, 0.29) is 6.54 Å². The van der Waals surface area contributed by atoms with Crippen molar-refractivity contribution in [2.45, 2.75) is 13.0 Å². The van der Waals surface area contributed by atoms with Crippen LogP contribution in [-0.2, 0) is 4.79 Å². The molecule has 0 aliphatic rings. The molecule has 1 unspecified atom stereocenters. The summed E-state index contributed by atoms with van der Waals surface area (Å²) in [6.45, 7) is 0.966. The fraction of sp³-hybridized carbons (Fsp3) is 0.364. The Bertz CT molecular complexity index is 494. The Kier molecular flexibility index (Phi) is 5.26. The molecular weight excluding hydrogens is 289 g/mol. The largest absolute Gasteiger partial charge is 0.485 e. The Morgan fingerprint density at radius 3 is 1.95 bits per heavy atom. The molecule has 1 aromatic carbocycles. The molecule has 0 aliphatic carbocycles. The van der Waals surface area contributed by atoms with Gasteiger partial charge in [0.15, 0.2) is 5.75 Å². The Labute approximate surface area is 110 Å². The van der Waals surface area contributed by atoms with Gasteiger partial charge in [-0.25, -0.2) is 13.2 Å². The minimum absolute atomic E-state index is 0.206. The lowest BCUT2D eigenvalue weighted by Gasteiger charge is -2.15. The Morgan fingerprint density at radius 2 is 1.55 bits per heavy atom. The summed E-state index contributed by atoms with van der Waals surface area (Å²) >= 11 is 0. The highest BCUT2D eigenvalue weighted by molar-refractivity contribution is 5.73. The van der Waals surface area contributed by atoms with Crippen molar-refractivity contribution in [1.82, 2.24) is 5.32 Å². The molecule has 0 aliphatic heterocycles. The summed E-state index contributed by atoms with van der Waals surface area (Å²) < 4.78 is 69.3. The molecule has 0 fully saturated rings. The smallest absolute Gasteiger partial charge is 0.324 e. The molecule has 0 aromatic heterocycles. The van der Waals surface area contributed by atoms with E-state index in [2.05, 4.69) is 10.1 Å². The van der Waals surface area contributed by atoms with Gasteiger partial charge >= 0.3 is 5.97 Å². The van der Waals surface area contributed by atoms with Crippen LogP contribution in [0.25, 0.3) is 0 Å². The number of ether oxygens (including phenoxy) is 1. The molecular formula is C11H10F5NO3. The predicted molar refractivity (Wildman–Crippen MR) is 56.8 cm³/mol. The lowest BCUT2D eigenvalue weighted by molar-refractivity contribution is -0.140. The van der Waals surface area contributed by atoms with Crippen LogP contribution in [0.1, 0.15) is 6.92 Å². The Balaban J connectivity index is 3.01. The summed E-state index contributed by atoms with van der Waals surface area (Å²) in [6.07, 6.45) is 0. The number of carbonyl (C=O) groups is 1. The zero-order valence-electron chi connectivity index (χ0n) is 10.1. The maximum absolute atomic E-state index is 13.2. The molecule has 1 aromatic rings. The second kappa shape index (κ2) is 6.51. The quantitative estimate of drug-likeness (QED) is 0.478. The minimum Gasteiger partial charge on any atom is -0.485 e. The lowest BCUT2D eigenvalue weighted by atomic mass is 10.2. The van der Waals surface area contributed by atoms with Gasteiger partial charge in [-0.2, -0.15) is 8.78 Å². The van der Waals surface area contributed by atoms with Gasteiger partial charge in [-0.15, -0.1) is 0 Å². The number of benzene rings is 1. The van der Waals surface area contributed by atoms with E-state index in [0.717, 1.165) is 0 Å². The zero-order chi connectivity index (χ0) is 15.4. The molecule has 112 valence electrons. The molecule has 0 amide bonds. The first kappa shape index (κ1) is 16.2. The van der Waals surface area contributed by atoms with Crippen molar-refractivity contribution >= 4 is 5.97 Å². The predicted octanol–water partition coefficient (Wildman–Crippen LogP) is 1.82. The molecule has 0 bridgehead atoms. The molecule has 1 rings (SSSR count). The number of rotatable bonds is 6. The van der Waals surface area contributed by atoms with Crippen molar-refractivity contribution in [3.63, 3.8) is 0 Å². The molecule has 0 saturated heterocycles. The lowest BCUT2D eigenvalue weighted by Crippen LogP contribution is -2.41. The fourth-order valence-electron chi connectivity index (χ4n) is 1.34. The standard InChI is InChI=1S/C11H10F5NO3/c1-2-17-4(11(18)19)3-20-10-8(15)6(13)5(12)7(14)9(10)16/h4,17H,2-3H2,1H3,(H,18,19). The number of halogens is 5. The van der Waals surface area contributed by atoms with Crippen LogP contribution in [0.5, 0.6) is 5.75 Å². The zero-order valence-corrected chi connectivity index (χ0v) is 10.1. The van der Waals surface area contributed by atoms with Crippen molar-refractivity contribution in [3.05, 3.63) is 29.1 Å². The number of likely N-dealkylation sites (N-methyl/N-ethyl adjacent to an activating group) is 1. The highest BCUT2D eigenvalue weighted by atomic mass is 19.2. The van der Waals surface area contributed by atoms with E-state index >= 15 is 0 Å². The van der Waals surface area contributed by atoms with Gasteiger partial charge in [0, 0.05) is 0 Å². The van der Waals surface area contributed by atoms with Gasteiger partial charge in [-0.1, -0.05) is 6.92 Å². The van der Waals surface area contributed by atoms with Crippen molar-refractivity contribution in [2.75, 3.05) is 13.2 Å². The molecule has 0 heterocycles. The monoisotopic (exact) mass is 299 g/mol. The average molecular weight is 299 g/mol. The van der Waals surface area contributed by atoms with E-state index in [1.807, 2.05) is 0 Å². The fourth-order valence-corrected chi connectivity index (χ4v) is 1.34. The van der Waals surface area contributed by atoms with Crippen LogP contribution in [-0.4, -0.2) is 30.3 Å². The van der Waals surface area contributed by atoms with Crippen LogP contribution in [0.15, 0.2) is 0 Å². The topological polar surface area (TPSA) is 58.6 Å². The van der Waals surface area contributed by atoms with Crippen LogP contribution in [0.4, 0.5) is 22.0 Å². The van der Waals surface area contributed by atoms with Crippen molar-refractivity contribution < 1.29 is 36.6 Å². The number of carboxylic acid groups (broad SMARTS) is 1. The third-order valence-electron chi connectivity index (χ3n) is 2.31. The molecule has 0 radical (unpaired) electrons. The van der Waals surface area contributed by atoms with Gasteiger partial charge in [-0.3, -0.25) is 4.79 Å². The van der Waals surface area contributed by atoms with Crippen LogP contribution in [0.3, 0.4) is 0 Å². The summed E-state index contributed by atoms with van der Waals surface area (Å²) in [4.78, 5) is 10.7. The number of aliphatic carboxylic acids is 1. The van der Waals surface area contributed by atoms with E-state index in [9.17, 15) is 26.7 Å². The third kappa shape index (κ3) is 3.16. The van der Waals surface area contributed by atoms with E-state index in [1.165, 1.54) is 0 Å². The van der Waals surface area contributed by atoms with E-state index in [4.69, 9.17) is 5.11 Å². The first-order valence-electron chi connectivity index (χ1n) is 5.41. The second-order valence-electron chi connectivity index (χ2n) is 3.66. The Morgan fingerprint density at radius 1 is 1.10 bits per heavy atom. The van der Waals surface area contributed by atoms with Gasteiger partial charge in [0.05, 0.1) is 0 Å². The molecule has 9 heteroatoms. The molecule has 0 spiro atoms. The SMILES string of the molecule is CCNC(COc1c(F)c(F)c(F)c(F)c1F)C(=O)O. The summed E-state index contributed by atoms with van der Waals surface area (Å²) in [7, 11) is 0. The van der Waals surface area contributed by atoms with Gasteiger partial charge in [0.2, 0.25) is 29.1 Å². The van der Waals surface area contributed by atoms with Gasteiger partial charge in [-0.05, 0) is 6.54 Å². The number of carboxylic acids is 1. The van der Waals surface area contributed by atoms with E-state index in [0.29, 0.717) is 0 Å². The molecule has 20 heavy (non-hydrogen) atoms. The van der Waals surface area contributed by atoms with E-state index < -0.39 is 53.5 Å². The summed E-state index contributed by atoms with van der Waals surface area (Å²) in [5.41, 5.74) is 0. The molecule has 2 N–H and O–H groups in total. The van der Waals surface area contributed by atoms with E-state index in [1.54, 1.807) is 6.92 Å². The summed E-state index contributed by atoms with van der Waals surface area (Å²) in [6, 6.07) is -1.35. The average Bonchev–Trinajstić information content (AvgIpc) is 2.41. The van der Waals surface area contributed by atoms with Gasteiger partial charge < -0.3 is 15.2 Å². The highest BCUT2D eigenvalue weighted by Gasteiger charge is 2.28. The van der Waals surface area contributed by atoms with Crippen molar-refractivity contribution in [2.24, 2.45) is 0 Å². The van der Waals surface area contributed by atoms with Crippen LogP contribution in [0.2, 0.25) is 0 Å². The third-order valence-corrected chi connectivity index (χ3v) is 2.31. The Hall–Kier alpha value is -1.90. The molecule has 0 saturated carbocycles. The maximum Gasteiger partial charge on any atom is 0.324 e. The maximum atomic E-state index is 13.2. The summed E-state index contributed by atoms with van der Waals surface area (Å²) in [5, 5.41) is 11.1. The number of hydrogen-bond acceptors (Lipinski definition) is 3. The minimum atomic E-state index is -2.31. The summed E-state index contributed by atoms with van der Waals surface area (Å²) in [5.74, 6) is -13.8. The first-order valence-corrected chi connectivity index (χ1v) is 5.41. The second-order valence-corrected chi connectivity index (χ2v) is 3.66. The highest BCUT2D eigenvalue weighted by Crippen LogP contribution is 2.29.